The molecule has 0 radical (unpaired) electrons. The van der Waals surface area contributed by atoms with Crippen molar-refractivity contribution in [1.82, 2.24) is 0 Å². The summed E-state index contributed by atoms with van der Waals surface area (Å²) < 4.78 is 11.1. The van der Waals surface area contributed by atoms with Gasteiger partial charge in [0.2, 0.25) is 0 Å². The maximum absolute atomic E-state index is 12.1. The van der Waals surface area contributed by atoms with Gasteiger partial charge in [0.1, 0.15) is 11.5 Å². The minimum Gasteiger partial charge on any atom is -0.482 e. The highest BCUT2D eigenvalue weighted by Crippen LogP contribution is 2.31. The van der Waals surface area contributed by atoms with E-state index in [4.69, 9.17) is 9.47 Å². The molecule has 0 saturated heterocycles. The maximum atomic E-state index is 12.1. The predicted molar refractivity (Wildman–Crippen MR) is 92.2 cm³/mol. The highest BCUT2D eigenvalue weighted by atomic mass is 16.6. The highest BCUT2D eigenvalue weighted by Gasteiger charge is 2.20. The van der Waals surface area contributed by atoms with E-state index < -0.39 is 5.97 Å². The van der Waals surface area contributed by atoms with Crippen molar-refractivity contribution in [2.75, 3.05) is 6.61 Å². The zero-order chi connectivity index (χ0) is 17.0. The monoisotopic (exact) mass is 312 g/mol. The molecule has 0 aliphatic rings. The molecule has 0 unspecified atom stereocenters. The zero-order valence-electron chi connectivity index (χ0n) is 14.5. The number of esters is 1. The van der Waals surface area contributed by atoms with Crippen molar-refractivity contribution in [2.24, 2.45) is 0 Å². The maximum Gasteiger partial charge on any atom is 0.349 e. The van der Waals surface area contributed by atoms with E-state index in [1.54, 1.807) is 0 Å². The number of carbonyl (C=O) groups is 1. The van der Waals surface area contributed by atoms with E-state index >= 15 is 0 Å². The summed E-state index contributed by atoms with van der Waals surface area (Å²) in [6.45, 7) is 10.2. The number of para-hydroxylation sites is 1. The van der Waals surface area contributed by atoms with Gasteiger partial charge in [0.25, 0.3) is 0 Å². The molecule has 0 fully saturated rings. The number of ether oxygens (including phenoxy) is 2. The largest absolute Gasteiger partial charge is 0.482 e. The molecule has 2 aromatic rings. The van der Waals surface area contributed by atoms with Gasteiger partial charge in [-0.15, -0.1) is 0 Å². The molecule has 0 N–H and O–H groups in total. The standard InChI is InChI=1S/C20H24O3/c1-14-9-8-12-17(15(14)2)22-13-19(21)23-18-11-7-6-10-16(18)20(3,4)5/h6-12H,13H2,1-5H3. The molecule has 0 spiro atoms. The van der Waals surface area contributed by atoms with Gasteiger partial charge < -0.3 is 9.47 Å². The molecule has 3 nitrogen and oxygen atoms in total. The van der Waals surface area contributed by atoms with Crippen LogP contribution in [-0.4, -0.2) is 12.6 Å². The molecule has 0 aliphatic heterocycles. The van der Waals surface area contributed by atoms with Crippen LogP contribution in [0, 0.1) is 13.8 Å². The molecule has 0 saturated carbocycles. The summed E-state index contributed by atoms with van der Waals surface area (Å²) in [5.74, 6) is 0.906. The van der Waals surface area contributed by atoms with Crippen LogP contribution in [0.1, 0.15) is 37.5 Å². The molecule has 3 heteroatoms. The summed E-state index contributed by atoms with van der Waals surface area (Å²) >= 11 is 0. The van der Waals surface area contributed by atoms with Crippen LogP contribution in [0.2, 0.25) is 0 Å². The molecular formula is C20H24O3. The van der Waals surface area contributed by atoms with Crippen molar-refractivity contribution in [1.29, 1.82) is 0 Å². The van der Waals surface area contributed by atoms with Crippen LogP contribution in [0.5, 0.6) is 11.5 Å². The summed E-state index contributed by atoms with van der Waals surface area (Å²) in [5, 5.41) is 0. The van der Waals surface area contributed by atoms with Crippen LogP contribution in [-0.2, 0) is 10.2 Å². The van der Waals surface area contributed by atoms with Crippen molar-refractivity contribution < 1.29 is 14.3 Å². The predicted octanol–water partition coefficient (Wildman–Crippen LogP) is 4.59. The molecule has 0 aliphatic carbocycles. The third-order valence-electron chi connectivity index (χ3n) is 3.82. The number of benzene rings is 2. The first-order chi connectivity index (χ1) is 10.8. The highest BCUT2D eigenvalue weighted by molar-refractivity contribution is 5.74. The van der Waals surface area contributed by atoms with Crippen molar-refractivity contribution in [3.8, 4) is 11.5 Å². The van der Waals surface area contributed by atoms with Gasteiger partial charge in [-0.3, -0.25) is 0 Å². The third kappa shape index (κ3) is 4.35. The van der Waals surface area contributed by atoms with Crippen LogP contribution in [0.25, 0.3) is 0 Å². The first-order valence-corrected chi connectivity index (χ1v) is 7.78. The van der Waals surface area contributed by atoms with Crippen LogP contribution >= 0.6 is 0 Å². The average Bonchev–Trinajstić information content (AvgIpc) is 2.48. The molecule has 2 aromatic carbocycles. The Hall–Kier alpha value is -2.29. The zero-order valence-corrected chi connectivity index (χ0v) is 14.5. The Morgan fingerprint density at radius 3 is 2.30 bits per heavy atom. The number of carbonyl (C=O) groups excluding carboxylic acids is 1. The number of hydrogen-bond donors (Lipinski definition) is 0. The second-order valence-corrected chi connectivity index (χ2v) is 6.71. The van der Waals surface area contributed by atoms with E-state index in [2.05, 4.69) is 20.8 Å². The van der Waals surface area contributed by atoms with E-state index in [0.717, 1.165) is 16.7 Å². The summed E-state index contributed by atoms with van der Waals surface area (Å²) in [6, 6.07) is 13.4. The van der Waals surface area contributed by atoms with Gasteiger partial charge in [0, 0.05) is 5.56 Å². The third-order valence-corrected chi connectivity index (χ3v) is 3.82. The molecule has 0 atom stereocenters. The van der Waals surface area contributed by atoms with E-state index in [1.807, 2.05) is 56.3 Å². The first-order valence-electron chi connectivity index (χ1n) is 7.78. The Morgan fingerprint density at radius 2 is 1.61 bits per heavy atom. The van der Waals surface area contributed by atoms with E-state index in [9.17, 15) is 4.79 Å². The second-order valence-electron chi connectivity index (χ2n) is 6.71. The molecule has 2 rings (SSSR count). The molecule has 0 aromatic heterocycles. The van der Waals surface area contributed by atoms with Gasteiger partial charge in [-0.25, -0.2) is 4.79 Å². The van der Waals surface area contributed by atoms with Gasteiger partial charge >= 0.3 is 5.97 Å². The van der Waals surface area contributed by atoms with E-state index in [1.165, 1.54) is 0 Å². The number of hydrogen-bond acceptors (Lipinski definition) is 3. The Bertz CT molecular complexity index is 696. The SMILES string of the molecule is Cc1cccc(OCC(=O)Oc2ccccc2C(C)(C)C)c1C. The summed E-state index contributed by atoms with van der Waals surface area (Å²) in [7, 11) is 0. The van der Waals surface area contributed by atoms with Crippen molar-refractivity contribution in [3.05, 3.63) is 59.2 Å². The van der Waals surface area contributed by atoms with Crippen LogP contribution in [0.15, 0.2) is 42.5 Å². The Balaban J connectivity index is 2.05. The quantitative estimate of drug-likeness (QED) is 0.612. The molecular weight excluding hydrogens is 288 g/mol. The summed E-state index contributed by atoms with van der Waals surface area (Å²) in [6.07, 6.45) is 0. The van der Waals surface area contributed by atoms with Crippen LogP contribution in [0.4, 0.5) is 0 Å². The molecule has 23 heavy (non-hydrogen) atoms. The van der Waals surface area contributed by atoms with Gasteiger partial charge in [0.15, 0.2) is 6.61 Å². The minimum atomic E-state index is -0.400. The molecule has 0 amide bonds. The lowest BCUT2D eigenvalue weighted by molar-refractivity contribution is -0.136. The lowest BCUT2D eigenvalue weighted by Crippen LogP contribution is -2.21. The molecule has 0 bridgehead atoms. The van der Waals surface area contributed by atoms with Crippen molar-refractivity contribution in [2.45, 2.75) is 40.0 Å². The Labute approximate surface area is 138 Å². The van der Waals surface area contributed by atoms with Crippen molar-refractivity contribution in [3.63, 3.8) is 0 Å². The lowest BCUT2D eigenvalue weighted by Gasteiger charge is -2.22. The summed E-state index contributed by atoms with van der Waals surface area (Å²) in [5.41, 5.74) is 3.08. The van der Waals surface area contributed by atoms with Gasteiger partial charge in [-0.1, -0.05) is 51.1 Å². The normalized spacial score (nSPS) is 11.2. The fourth-order valence-electron chi connectivity index (χ4n) is 2.34. The topological polar surface area (TPSA) is 35.5 Å². The average molecular weight is 312 g/mol. The van der Waals surface area contributed by atoms with Crippen molar-refractivity contribution >= 4 is 5.97 Å². The fourth-order valence-corrected chi connectivity index (χ4v) is 2.34. The van der Waals surface area contributed by atoms with Gasteiger partial charge in [-0.2, -0.15) is 0 Å². The summed E-state index contributed by atoms with van der Waals surface area (Å²) in [4.78, 5) is 12.1. The van der Waals surface area contributed by atoms with Gasteiger partial charge in [0.05, 0.1) is 0 Å². The number of rotatable bonds is 4. The van der Waals surface area contributed by atoms with Crippen LogP contribution < -0.4 is 9.47 Å². The lowest BCUT2D eigenvalue weighted by atomic mass is 9.86. The minimum absolute atomic E-state index is 0.0924. The Morgan fingerprint density at radius 1 is 0.957 bits per heavy atom. The van der Waals surface area contributed by atoms with Crippen LogP contribution in [0.3, 0.4) is 0 Å². The Kier molecular flexibility index (Phi) is 5.09. The molecule has 0 heterocycles. The van der Waals surface area contributed by atoms with E-state index in [0.29, 0.717) is 11.5 Å². The fraction of sp³-hybridized carbons (Fsp3) is 0.350. The second kappa shape index (κ2) is 6.86. The van der Waals surface area contributed by atoms with E-state index in [-0.39, 0.29) is 12.0 Å². The first kappa shape index (κ1) is 17.1. The molecule has 122 valence electrons. The number of aryl methyl sites for hydroxylation is 1. The van der Waals surface area contributed by atoms with Gasteiger partial charge in [-0.05, 0) is 42.5 Å². The smallest absolute Gasteiger partial charge is 0.349 e.